The number of hydrogen-bond donors (Lipinski definition) is 1. The number of aryl methyl sites for hydroxylation is 1. The van der Waals surface area contributed by atoms with Gasteiger partial charge in [0, 0.05) is 26.2 Å². The Morgan fingerprint density at radius 2 is 2.18 bits per heavy atom. The van der Waals surface area contributed by atoms with Gasteiger partial charge < -0.3 is 15.2 Å². The van der Waals surface area contributed by atoms with E-state index in [2.05, 4.69) is 10.00 Å². The minimum absolute atomic E-state index is 0.00628. The highest BCUT2D eigenvalue weighted by molar-refractivity contribution is 5.91. The Hall–Kier alpha value is -2.11. The number of nitrogens with two attached hydrogens (primary N) is 1. The highest BCUT2D eigenvalue weighted by Crippen LogP contribution is 2.17. The molecule has 0 atom stereocenters. The van der Waals surface area contributed by atoms with Crippen molar-refractivity contribution >= 4 is 11.8 Å². The van der Waals surface area contributed by atoms with Gasteiger partial charge in [0.1, 0.15) is 17.5 Å². The van der Waals surface area contributed by atoms with Gasteiger partial charge in [0.05, 0.1) is 19.8 Å². The summed E-state index contributed by atoms with van der Waals surface area (Å²) in [7, 11) is 0. The summed E-state index contributed by atoms with van der Waals surface area (Å²) in [6.45, 7) is 6.75. The number of nitrogen functional groups attached to an aromatic ring is 1. The van der Waals surface area contributed by atoms with Crippen LogP contribution in [0, 0.1) is 11.3 Å². The van der Waals surface area contributed by atoms with E-state index in [4.69, 9.17) is 20.5 Å². The fourth-order valence-electron chi connectivity index (χ4n) is 2.37. The summed E-state index contributed by atoms with van der Waals surface area (Å²) in [5, 5.41) is 13.3. The minimum Gasteiger partial charge on any atom is -0.461 e. The van der Waals surface area contributed by atoms with Crippen LogP contribution in [0.3, 0.4) is 0 Å². The summed E-state index contributed by atoms with van der Waals surface area (Å²) >= 11 is 0. The van der Waals surface area contributed by atoms with E-state index >= 15 is 0 Å². The predicted octanol–water partition coefficient (Wildman–Crippen LogP) is 0.236. The molecule has 2 rings (SSSR count). The van der Waals surface area contributed by atoms with Gasteiger partial charge in [-0.3, -0.25) is 4.90 Å². The number of nitrogens with zero attached hydrogens (tertiary/aromatic N) is 4. The standard InChI is InChI=1S/C14H21N5O3/c1-2-22-14(20)12-11(10-15)13(16)19(17-12)5-3-4-18-6-8-21-9-7-18/h2-9,16H2,1H3. The lowest BCUT2D eigenvalue weighted by Gasteiger charge is -2.26. The van der Waals surface area contributed by atoms with Crippen LogP contribution in [0.1, 0.15) is 29.4 Å². The molecular weight excluding hydrogens is 286 g/mol. The molecule has 0 aromatic carbocycles. The number of hydrogen-bond acceptors (Lipinski definition) is 7. The number of esters is 1. The van der Waals surface area contributed by atoms with Crippen molar-refractivity contribution in [1.82, 2.24) is 14.7 Å². The van der Waals surface area contributed by atoms with Crippen LogP contribution in [0.15, 0.2) is 0 Å². The Labute approximate surface area is 129 Å². The quantitative estimate of drug-likeness (QED) is 0.750. The maximum absolute atomic E-state index is 11.8. The Morgan fingerprint density at radius 3 is 2.82 bits per heavy atom. The van der Waals surface area contributed by atoms with Crippen LogP contribution in [-0.2, 0) is 16.0 Å². The molecule has 8 nitrogen and oxygen atoms in total. The van der Waals surface area contributed by atoms with E-state index in [1.165, 1.54) is 4.68 Å². The van der Waals surface area contributed by atoms with Crippen molar-refractivity contribution in [1.29, 1.82) is 5.26 Å². The molecule has 0 bridgehead atoms. The minimum atomic E-state index is -0.613. The zero-order valence-corrected chi connectivity index (χ0v) is 12.7. The van der Waals surface area contributed by atoms with Gasteiger partial charge in [0.25, 0.3) is 0 Å². The number of anilines is 1. The Balaban J connectivity index is 1.98. The number of carbonyl (C=O) groups excluding carboxylic acids is 1. The maximum atomic E-state index is 11.8. The fourth-order valence-corrected chi connectivity index (χ4v) is 2.37. The van der Waals surface area contributed by atoms with Crippen LogP contribution in [0.25, 0.3) is 0 Å². The molecule has 0 radical (unpaired) electrons. The van der Waals surface area contributed by atoms with Crippen molar-refractivity contribution < 1.29 is 14.3 Å². The third-order valence-electron chi connectivity index (χ3n) is 3.52. The summed E-state index contributed by atoms with van der Waals surface area (Å²) in [5.41, 5.74) is 5.99. The second-order valence-electron chi connectivity index (χ2n) is 4.97. The normalized spacial score (nSPS) is 15.5. The van der Waals surface area contributed by atoms with E-state index in [0.29, 0.717) is 6.54 Å². The average molecular weight is 307 g/mol. The van der Waals surface area contributed by atoms with E-state index in [1.54, 1.807) is 6.92 Å². The molecule has 0 amide bonds. The lowest BCUT2D eigenvalue weighted by molar-refractivity contribution is 0.0368. The molecule has 1 saturated heterocycles. The lowest BCUT2D eigenvalue weighted by Crippen LogP contribution is -2.37. The van der Waals surface area contributed by atoms with Crippen molar-refractivity contribution in [2.24, 2.45) is 0 Å². The second kappa shape index (κ2) is 7.77. The number of rotatable bonds is 6. The molecule has 0 saturated carbocycles. The van der Waals surface area contributed by atoms with Crippen LogP contribution in [-0.4, -0.2) is 60.1 Å². The van der Waals surface area contributed by atoms with Gasteiger partial charge in [-0.05, 0) is 13.3 Å². The molecular formula is C14H21N5O3. The summed E-state index contributed by atoms with van der Waals surface area (Å²) in [4.78, 5) is 14.1. The zero-order valence-electron chi connectivity index (χ0n) is 12.7. The highest BCUT2D eigenvalue weighted by Gasteiger charge is 2.22. The third kappa shape index (κ3) is 3.75. The van der Waals surface area contributed by atoms with Crippen LogP contribution in [0.2, 0.25) is 0 Å². The molecule has 0 spiro atoms. The monoisotopic (exact) mass is 307 g/mol. The molecule has 8 heteroatoms. The molecule has 1 aliphatic heterocycles. The SMILES string of the molecule is CCOC(=O)c1nn(CCCN2CCOCC2)c(N)c1C#N. The molecule has 1 aromatic rings. The van der Waals surface area contributed by atoms with Crippen LogP contribution >= 0.6 is 0 Å². The van der Waals surface area contributed by atoms with E-state index < -0.39 is 5.97 Å². The molecule has 22 heavy (non-hydrogen) atoms. The first-order chi connectivity index (χ1) is 10.7. The molecule has 1 fully saturated rings. The van der Waals surface area contributed by atoms with E-state index in [1.807, 2.05) is 6.07 Å². The van der Waals surface area contributed by atoms with Gasteiger partial charge in [0.2, 0.25) is 0 Å². The van der Waals surface area contributed by atoms with Crippen molar-refractivity contribution in [2.75, 3.05) is 45.2 Å². The summed E-state index contributed by atoms with van der Waals surface area (Å²) in [6.07, 6.45) is 0.832. The highest BCUT2D eigenvalue weighted by atomic mass is 16.5. The van der Waals surface area contributed by atoms with E-state index in [-0.39, 0.29) is 23.7 Å². The Kier molecular flexibility index (Phi) is 5.75. The largest absolute Gasteiger partial charge is 0.461 e. The lowest BCUT2D eigenvalue weighted by atomic mass is 10.2. The molecule has 0 aliphatic carbocycles. The molecule has 1 aromatic heterocycles. The average Bonchev–Trinajstić information content (AvgIpc) is 2.85. The first kappa shape index (κ1) is 16.3. The number of aromatic nitrogens is 2. The van der Waals surface area contributed by atoms with Crippen LogP contribution in [0.5, 0.6) is 0 Å². The van der Waals surface area contributed by atoms with Crippen LogP contribution < -0.4 is 5.73 Å². The molecule has 2 N–H and O–H groups in total. The zero-order chi connectivity index (χ0) is 15.9. The fraction of sp³-hybridized carbons (Fsp3) is 0.643. The van der Waals surface area contributed by atoms with Gasteiger partial charge in [-0.1, -0.05) is 0 Å². The van der Waals surface area contributed by atoms with Crippen molar-refractivity contribution in [3.63, 3.8) is 0 Å². The van der Waals surface area contributed by atoms with Gasteiger partial charge in [-0.15, -0.1) is 0 Å². The van der Waals surface area contributed by atoms with Crippen molar-refractivity contribution in [3.8, 4) is 6.07 Å². The molecule has 0 unspecified atom stereocenters. The second-order valence-corrected chi connectivity index (χ2v) is 4.97. The van der Waals surface area contributed by atoms with Crippen molar-refractivity contribution in [2.45, 2.75) is 19.9 Å². The smallest absolute Gasteiger partial charge is 0.360 e. The Morgan fingerprint density at radius 1 is 1.45 bits per heavy atom. The maximum Gasteiger partial charge on any atom is 0.360 e. The van der Waals surface area contributed by atoms with Gasteiger partial charge >= 0.3 is 5.97 Å². The molecule has 1 aliphatic rings. The summed E-state index contributed by atoms with van der Waals surface area (Å²) in [6, 6.07) is 1.93. The number of morpholine rings is 1. The van der Waals surface area contributed by atoms with Gasteiger partial charge in [-0.2, -0.15) is 10.4 Å². The van der Waals surface area contributed by atoms with Gasteiger partial charge in [-0.25, -0.2) is 9.48 Å². The summed E-state index contributed by atoms with van der Waals surface area (Å²) < 4.78 is 11.7. The first-order valence-corrected chi connectivity index (χ1v) is 7.41. The van der Waals surface area contributed by atoms with E-state index in [0.717, 1.165) is 39.3 Å². The summed E-state index contributed by atoms with van der Waals surface area (Å²) in [5.74, 6) is -0.398. The number of carbonyl (C=O) groups is 1. The molecule has 120 valence electrons. The van der Waals surface area contributed by atoms with Crippen LogP contribution in [0.4, 0.5) is 5.82 Å². The topological polar surface area (TPSA) is 106 Å². The number of nitriles is 1. The van der Waals surface area contributed by atoms with Crippen molar-refractivity contribution in [3.05, 3.63) is 11.3 Å². The Bertz CT molecular complexity index is 558. The predicted molar refractivity (Wildman–Crippen MR) is 79.2 cm³/mol. The number of ether oxygens (including phenoxy) is 2. The first-order valence-electron chi connectivity index (χ1n) is 7.41. The van der Waals surface area contributed by atoms with Gasteiger partial charge in [0.15, 0.2) is 5.69 Å². The van der Waals surface area contributed by atoms with E-state index in [9.17, 15) is 4.79 Å². The third-order valence-corrected chi connectivity index (χ3v) is 3.52. The molecule has 2 heterocycles.